The van der Waals surface area contributed by atoms with Crippen LogP contribution in [-0.4, -0.2) is 24.8 Å². The predicted molar refractivity (Wildman–Crippen MR) is 132 cm³/mol. The third-order valence-electron chi connectivity index (χ3n) is 5.80. The van der Waals surface area contributed by atoms with Crippen molar-refractivity contribution in [3.8, 4) is 11.5 Å². The lowest BCUT2D eigenvalue weighted by molar-refractivity contribution is 0.0971. The van der Waals surface area contributed by atoms with Gasteiger partial charge in [-0.3, -0.25) is 9.59 Å². The number of rotatable bonds is 13. The Labute approximate surface area is 199 Å². The molecule has 0 radical (unpaired) electrons. The zero-order chi connectivity index (χ0) is 22.9. The van der Waals surface area contributed by atoms with Crippen molar-refractivity contribution in [2.24, 2.45) is 0 Å². The predicted octanol–water partition coefficient (Wildman–Crippen LogP) is 7.28. The number of hydrogen-bond acceptors (Lipinski definition) is 4. The Morgan fingerprint density at radius 1 is 0.719 bits per heavy atom. The van der Waals surface area contributed by atoms with E-state index in [1.807, 2.05) is 6.07 Å². The topological polar surface area (TPSA) is 52.6 Å². The summed E-state index contributed by atoms with van der Waals surface area (Å²) in [7, 11) is 0. The van der Waals surface area contributed by atoms with E-state index in [4.69, 9.17) is 9.47 Å². The summed E-state index contributed by atoms with van der Waals surface area (Å²) in [6, 6.07) is 8.96. The molecule has 3 rings (SSSR count). The molecule has 0 bridgehead atoms. The van der Waals surface area contributed by atoms with Crippen LogP contribution < -0.4 is 9.47 Å². The summed E-state index contributed by atoms with van der Waals surface area (Å²) >= 11 is 3.47. The summed E-state index contributed by atoms with van der Waals surface area (Å²) in [5.74, 6) is 0.643. The van der Waals surface area contributed by atoms with Crippen molar-refractivity contribution in [3.63, 3.8) is 0 Å². The number of benzene rings is 2. The fourth-order valence-corrected chi connectivity index (χ4v) is 4.37. The minimum Gasteiger partial charge on any atom is -0.493 e. The number of carbonyl (C=O) groups excluding carboxylic acids is 2. The Kier molecular flexibility index (Phi) is 9.34. The summed E-state index contributed by atoms with van der Waals surface area (Å²) in [5, 5.41) is 0.585. The second-order valence-corrected chi connectivity index (χ2v) is 8.87. The molecule has 1 aliphatic carbocycles. The normalized spacial score (nSPS) is 12.5. The van der Waals surface area contributed by atoms with E-state index in [0.717, 1.165) is 56.9 Å². The van der Waals surface area contributed by atoms with Gasteiger partial charge < -0.3 is 9.47 Å². The van der Waals surface area contributed by atoms with Gasteiger partial charge in [0.1, 0.15) is 11.5 Å². The van der Waals surface area contributed by atoms with Crippen LogP contribution in [0.4, 0.5) is 0 Å². The highest BCUT2D eigenvalue weighted by Crippen LogP contribution is 2.38. The van der Waals surface area contributed by atoms with Crippen molar-refractivity contribution >= 4 is 27.5 Å². The van der Waals surface area contributed by atoms with Crippen LogP contribution in [0.3, 0.4) is 0 Å². The van der Waals surface area contributed by atoms with Crippen molar-refractivity contribution in [1.29, 1.82) is 0 Å². The molecule has 172 valence electrons. The van der Waals surface area contributed by atoms with E-state index >= 15 is 0 Å². The average molecular weight is 501 g/mol. The van der Waals surface area contributed by atoms with E-state index < -0.39 is 0 Å². The first-order chi connectivity index (χ1) is 15.6. The number of fused-ring (bicyclic) bond motifs is 2. The summed E-state index contributed by atoms with van der Waals surface area (Å²) in [6.45, 7) is 5.40. The molecule has 0 N–H and O–H groups in total. The van der Waals surface area contributed by atoms with Crippen LogP contribution in [0.2, 0.25) is 0 Å². The number of ether oxygens (including phenoxy) is 2. The Morgan fingerprint density at radius 2 is 1.34 bits per heavy atom. The molecule has 0 unspecified atom stereocenters. The molecule has 1 aliphatic rings. The first kappa shape index (κ1) is 24.5. The number of halogens is 1. The second-order valence-electron chi connectivity index (χ2n) is 8.31. The molecule has 0 aliphatic heterocycles. The number of carbonyl (C=O) groups is 2. The van der Waals surface area contributed by atoms with Crippen LogP contribution in [0.25, 0.3) is 0 Å². The van der Waals surface area contributed by atoms with Gasteiger partial charge in [-0.2, -0.15) is 0 Å². The number of unbranched alkanes of at least 4 members (excludes halogenated alkanes) is 6. The summed E-state index contributed by atoms with van der Waals surface area (Å²) in [6.07, 6.45) is 8.65. The van der Waals surface area contributed by atoms with Gasteiger partial charge in [0.15, 0.2) is 5.78 Å². The highest BCUT2D eigenvalue weighted by atomic mass is 79.9. The minimum atomic E-state index is -0.191. The van der Waals surface area contributed by atoms with Gasteiger partial charge in [0.25, 0.3) is 0 Å². The quantitative estimate of drug-likeness (QED) is 0.183. The van der Waals surface area contributed by atoms with Crippen molar-refractivity contribution in [1.82, 2.24) is 0 Å². The van der Waals surface area contributed by atoms with Crippen LogP contribution in [0, 0.1) is 0 Å². The number of hydrogen-bond donors (Lipinski definition) is 0. The standard InChI is InChI=1S/C27H33BrO4/c1-3-5-7-9-14-31-22-13-11-12-20-24(22)27(30)25-21(26(20)29)16-19(18-28)17-23(25)32-15-10-8-6-4-2/h11-13,16-17H,3-10,14-15,18H2,1-2H3. The fraction of sp³-hybridized carbons (Fsp3) is 0.481. The van der Waals surface area contributed by atoms with Gasteiger partial charge in [0.2, 0.25) is 5.78 Å². The molecule has 0 atom stereocenters. The van der Waals surface area contributed by atoms with E-state index in [1.165, 1.54) is 0 Å². The highest BCUT2D eigenvalue weighted by molar-refractivity contribution is 9.08. The molecule has 2 aromatic rings. The maximum atomic E-state index is 13.6. The third-order valence-corrected chi connectivity index (χ3v) is 6.44. The first-order valence-corrected chi connectivity index (χ1v) is 12.9. The maximum Gasteiger partial charge on any atom is 0.201 e. The van der Waals surface area contributed by atoms with Crippen LogP contribution in [-0.2, 0) is 5.33 Å². The SMILES string of the molecule is CCCCCCOc1cccc2c1C(=O)c1c(OCCCCCC)cc(CBr)cc1C2=O. The second kappa shape index (κ2) is 12.2. The summed E-state index contributed by atoms with van der Waals surface area (Å²) in [5.41, 5.74) is 2.48. The Bertz CT molecular complexity index is 951. The van der Waals surface area contributed by atoms with E-state index in [0.29, 0.717) is 52.3 Å². The van der Waals surface area contributed by atoms with Gasteiger partial charge >= 0.3 is 0 Å². The molecule has 0 amide bonds. The first-order valence-electron chi connectivity index (χ1n) is 11.8. The smallest absolute Gasteiger partial charge is 0.201 e. The third kappa shape index (κ3) is 5.61. The fourth-order valence-electron chi connectivity index (χ4n) is 4.04. The van der Waals surface area contributed by atoms with E-state index in [2.05, 4.69) is 29.8 Å². The lowest BCUT2D eigenvalue weighted by Crippen LogP contribution is -2.23. The van der Waals surface area contributed by atoms with E-state index in [9.17, 15) is 9.59 Å². The average Bonchev–Trinajstić information content (AvgIpc) is 2.81. The lowest BCUT2D eigenvalue weighted by Gasteiger charge is -2.23. The molecule has 0 heterocycles. The molecule has 0 spiro atoms. The molecule has 2 aromatic carbocycles. The molecule has 0 saturated carbocycles. The van der Waals surface area contributed by atoms with Crippen LogP contribution >= 0.6 is 15.9 Å². The van der Waals surface area contributed by atoms with Crippen molar-refractivity contribution in [2.45, 2.75) is 70.5 Å². The Balaban J connectivity index is 1.90. The molecule has 32 heavy (non-hydrogen) atoms. The molecule has 5 heteroatoms. The molecule has 4 nitrogen and oxygen atoms in total. The van der Waals surface area contributed by atoms with Crippen molar-refractivity contribution in [2.75, 3.05) is 13.2 Å². The Morgan fingerprint density at radius 3 is 1.97 bits per heavy atom. The maximum absolute atomic E-state index is 13.6. The van der Waals surface area contributed by atoms with Crippen molar-refractivity contribution < 1.29 is 19.1 Å². The van der Waals surface area contributed by atoms with Crippen LogP contribution in [0.15, 0.2) is 30.3 Å². The van der Waals surface area contributed by atoms with Gasteiger partial charge in [-0.25, -0.2) is 0 Å². The number of alkyl halides is 1. The molecule has 0 saturated heterocycles. The van der Waals surface area contributed by atoms with Crippen LogP contribution in [0.5, 0.6) is 11.5 Å². The minimum absolute atomic E-state index is 0.148. The summed E-state index contributed by atoms with van der Waals surface area (Å²) in [4.78, 5) is 27.0. The monoisotopic (exact) mass is 500 g/mol. The van der Waals surface area contributed by atoms with Crippen molar-refractivity contribution in [3.05, 3.63) is 58.1 Å². The van der Waals surface area contributed by atoms with Gasteiger partial charge in [-0.15, -0.1) is 0 Å². The van der Waals surface area contributed by atoms with E-state index in [-0.39, 0.29) is 11.6 Å². The highest BCUT2D eigenvalue weighted by Gasteiger charge is 2.35. The zero-order valence-corrected chi connectivity index (χ0v) is 20.8. The van der Waals surface area contributed by atoms with E-state index in [1.54, 1.807) is 24.3 Å². The van der Waals surface area contributed by atoms with Gasteiger partial charge in [0, 0.05) is 16.5 Å². The summed E-state index contributed by atoms with van der Waals surface area (Å²) < 4.78 is 12.0. The number of ketones is 2. The van der Waals surface area contributed by atoms with Gasteiger partial charge in [-0.1, -0.05) is 80.4 Å². The molecule has 0 fully saturated rings. The van der Waals surface area contributed by atoms with Gasteiger partial charge in [0.05, 0.1) is 24.3 Å². The van der Waals surface area contributed by atoms with Crippen LogP contribution in [0.1, 0.15) is 103 Å². The largest absolute Gasteiger partial charge is 0.493 e. The molecular weight excluding hydrogens is 468 g/mol. The Hall–Kier alpha value is -2.14. The molecular formula is C27H33BrO4. The lowest BCUT2D eigenvalue weighted by atomic mass is 9.82. The zero-order valence-electron chi connectivity index (χ0n) is 19.2. The van der Waals surface area contributed by atoms with Gasteiger partial charge in [-0.05, 0) is 36.6 Å². The molecule has 0 aromatic heterocycles.